The van der Waals surface area contributed by atoms with Gasteiger partial charge in [0.1, 0.15) is 5.75 Å². The van der Waals surface area contributed by atoms with Gasteiger partial charge < -0.3 is 9.33 Å². The normalized spacial score (nSPS) is 11.9. The van der Waals surface area contributed by atoms with Crippen molar-refractivity contribution >= 4 is 8.32 Å². The minimum absolute atomic E-state index is 1.04. The van der Waals surface area contributed by atoms with Gasteiger partial charge in [-0.05, 0) is 70.2 Å². The minimum Gasteiger partial charge on any atom is -0.544 e. The highest BCUT2D eigenvalue weighted by molar-refractivity contribution is 6.71. The third-order valence-electron chi connectivity index (χ3n) is 4.05. The lowest BCUT2D eigenvalue weighted by Gasteiger charge is -2.27. The van der Waals surface area contributed by atoms with Gasteiger partial charge in [-0.25, -0.2) is 0 Å². The number of hydrogen-bond acceptors (Lipinski definition) is 2. The minimum atomic E-state index is -1.60. The number of benzene rings is 1. The number of para-hydroxylation sites is 1. The Labute approximate surface area is 139 Å². The van der Waals surface area contributed by atoms with Gasteiger partial charge in [-0.3, -0.25) is 0 Å². The van der Waals surface area contributed by atoms with E-state index in [-0.39, 0.29) is 0 Å². The fourth-order valence-electron chi connectivity index (χ4n) is 2.69. The molecule has 0 spiro atoms. The van der Waals surface area contributed by atoms with E-state index in [9.17, 15) is 0 Å². The molecule has 0 amide bonds. The van der Waals surface area contributed by atoms with E-state index in [1.54, 1.807) is 0 Å². The molecule has 0 heterocycles. The standard InChI is InChI=1S/C19H35NOSi/c1-5-7-15-20(16-8-6-2)17-12-18-22(3,4)21-19-13-10-9-11-14-19/h9-11,13-14H,5-8,12,15-18H2,1-4H3. The molecule has 0 atom stereocenters. The second-order valence-electron chi connectivity index (χ2n) is 6.83. The van der Waals surface area contributed by atoms with Crippen LogP contribution in [0, 0.1) is 0 Å². The molecule has 1 rings (SSSR count). The zero-order chi connectivity index (χ0) is 16.3. The zero-order valence-corrected chi connectivity index (χ0v) is 16.1. The van der Waals surface area contributed by atoms with E-state index in [0.717, 1.165) is 5.75 Å². The first-order valence-corrected chi connectivity index (χ1v) is 12.2. The summed E-state index contributed by atoms with van der Waals surface area (Å²) in [6, 6.07) is 11.5. The summed E-state index contributed by atoms with van der Waals surface area (Å²) in [5.41, 5.74) is 0. The van der Waals surface area contributed by atoms with Gasteiger partial charge in [0.25, 0.3) is 0 Å². The van der Waals surface area contributed by atoms with E-state index in [0.29, 0.717) is 0 Å². The molecular formula is C19H35NOSi. The fraction of sp³-hybridized carbons (Fsp3) is 0.684. The number of hydrogen-bond donors (Lipinski definition) is 0. The van der Waals surface area contributed by atoms with Crippen molar-refractivity contribution < 1.29 is 4.43 Å². The molecule has 1 aromatic carbocycles. The van der Waals surface area contributed by atoms with Gasteiger partial charge in [-0.1, -0.05) is 44.9 Å². The third-order valence-corrected chi connectivity index (χ3v) is 6.39. The lowest BCUT2D eigenvalue weighted by atomic mass is 10.2. The molecule has 2 nitrogen and oxygen atoms in total. The van der Waals surface area contributed by atoms with Gasteiger partial charge in [0.2, 0.25) is 8.32 Å². The topological polar surface area (TPSA) is 12.5 Å². The zero-order valence-electron chi connectivity index (χ0n) is 15.1. The Bertz CT molecular complexity index is 372. The Kier molecular flexibility index (Phi) is 9.49. The first-order valence-electron chi connectivity index (χ1n) is 9.04. The second kappa shape index (κ2) is 10.8. The van der Waals surface area contributed by atoms with Crippen molar-refractivity contribution in [3.05, 3.63) is 30.3 Å². The molecular weight excluding hydrogens is 286 g/mol. The van der Waals surface area contributed by atoms with Crippen LogP contribution in [0.4, 0.5) is 0 Å². The lowest BCUT2D eigenvalue weighted by Crippen LogP contribution is -2.36. The van der Waals surface area contributed by atoms with E-state index in [1.165, 1.54) is 57.8 Å². The average molecular weight is 322 g/mol. The van der Waals surface area contributed by atoms with Crippen molar-refractivity contribution in [3.8, 4) is 5.75 Å². The van der Waals surface area contributed by atoms with Gasteiger partial charge in [0.05, 0.1) is 0 Å². The molecule has 0 radical (unpaired) electrons. The molecule has 0 aliphatic heterocycles. The summed E-state index contributed by atoms with van der Waals surface area (Å²) in [6.45, 7) is 13.0. The summed E-state index contributed by atoms with van der Waals surface area (Å²) in [4.78, 5) is 2.65. The third kappa shape index (κ3) is 8.59. The highest BCUT2D eigenvalue weighted by Crippen LogP contribution is 2.20. The van der Waals surface area contributed by atoms with Crippen molar-refractivity contribution in [2.24, 2.45) is 0 Å². The van der Waals surface area contributed by atoms with Crippen LogP contribution in [0.15, 0.2) is 30.3 Å². The maximum atomic E-state index is 6.27. The monoisotopic (exact) mass is 321 g/mol. The predicted octanol–water partition coefficient (Wildman–Crippen LogP) is 5.56. The quantitative estimate of drug-likeness (QED) is 0.467. The summed E-state index contributed by atoms with van der Waals surface area (Å²) in [7, 11) is -1.60. The van der Waals surface area contributed by atoms with Crippen LogP contribution in [0.25, 0.3) is 0 Å². The van der Waals surface area contributed by atoms with Crippen molar-refractivity contribution in [3.63, 3.8) is 0 Å². The van der Waals surface area contributed by atoms with Crippen molar-refractivity contribution in [1.82, 2.24) is 4.90 Å². The van der Waals surface area contributed by atoms with E-state index in [4.69, 9.17) is 4.43 Å². The molecule has 0 bridgehead atoms. The van der Waals surface area contributed by atoms with Crippen LogP contribution >= 0.6 is 0 Å². The molecule has 22 heavy (non-hydrogen) atoms. The number of rotatable bonds is 12. The van der Waals surface area contributed by atoms with Crippen molar-refractivity contribution in [2.45, 2.75) is 65.1 Å². The van der Waals surface area contributed by atoms with Crippen LogP contribution < -0.4 is 4.43 Å². The van der Waals surface area contributed by atoms with Crippen LogP contribution in [0.1, 0.15) is 46.0 Å². The molecule has 0 aliphatic rings. The summed E-state index contributed by atoms with van der Waals surface area (Å²) < 4.78 is 6.27. The molecule has 126 valence electrons. The van der Waals surface area contributed by atoms with Crippen LogP contribution in [0.3, 0.4) is 0 Å². The molecule has 0 N–H and O–H groups in total. The maximum absolute atomic E-state index is 6.27. The summed E-state index contributed by atoms with van der Waals surface area (Å²) in [5.74, 6) is 1.04. The number of nitrogens with zero attached hydrogens (tertiary/aromatic N) is 1. The first kappa shape index (κ1) is 19.2. The van der Waals surface area contributed by atoms with E-state index < -0.39 is 8.32 Å². The molecule has 1 aromatic rings. The second-order valence-corrected chi connectivity index (χ2v) is 11.1. The molecule has 0 fully saturated rings. The SMILES string of the molecule is CCCCN(CCCC)CCC[Si](C)(C)Oc1ccccc1. The summed E-state index contributed by atoms with van der Waals surface area (Å²) in [6.07, 6.45) is 6.50. The molecule has 0 saturated carbocycles. The fourth-order valence-corrected chi connectivity index (χ4v) is 4.57. The van der Waals surface area contributed by atoms with Gasteiger partial charge in [0.15, 0.2) is 0 Å². The molecule has 3 heteroatoms. The summed E-state index contributed by atoms with van der Waals surface area (Å²) >= 11 is 0. The van der Waals surface area contributed by atoms with E-state index in [1.807, 2.05) is 6.07 Å². The Morgan fingerprint density at radius 3 is 1.95 bits per heavy atom. The number of unbranched alkanes of at least 4 members (excludes halogenated alkanes) is 2. The lowest BCUT2D eigenvalue weighted by molar-refractivity contribution is 0.264. The highest BCUT2D eigenvalue weighted by atomic mass is 28.4. The summed E-state index contributed by atoms with van der Waals surface area (Å²) in [5, 5.41) is 0. The van der Waals surface area contributed by atoms with E-state index in [2.05, 4.69) is 56.1 Å². The van der Waals surface area contributed by atoms with Crippen molar-refractivity contribution in [1.29, 1.82) is 0 Å². The molecule has 0 saturated heterocycles. The molecule has 0 aliphatic carbocycles. The highest BCUT2D eigenvalue weighted by Gasteiger charge is 2.24. The van der Waals surface area contributed by atoms with Crippen LogP contribution in [0.5, 0.6) is 5.75 Å². The van der Waals surface area contributed by atoms with E-state index >= 15 is 0 Å². The van der Waals surface area contributed by atoms with Gasteiger partial charge in [0, 0.05) is 0 Å². The van der Waals surface area contributed by atoms with Crippen LogP contribution in [0.2, 0.25) is 19.1 Å². The Balaban J connectivity index is 2.34. The Hall–Kier alpha value is -0.803. The smallest absolute Gasteiger partial charge is 0.245 e. The Morgan fingerprint density at radius 1 is 0.864 bits per heavy atom. The average Bonchev–Trinajstić information content (AvgIpc) is 2.50. The molecule has 0 aromatic heterocycles. The largest absolute Gasteiger partial charge is 0.544 e. The first-order chi connectivity index (χ1) is 10.6. The van der Waals surface area contributed by atoms with Gasteiger partial charge in [-0.15, -0.1) is 0 Å². The van der Waals surface area contributed by atoms with Crippen LogP contribution in [-0.4, -0.2) is 32.9 Å². The van der Waals surface area contributed by atoms with Crippen LogP contribution in [-0.2, 0) is 0 Å². The Morgan fingerprint density at radius 2 is 1.41 bits per heavy atom. The predicted molar refractivity (Wildman–Crippen MR) is 100 cm³/mol. The van der Waals surface area contributed by atoms with Gasteiger partial charge in [-0.2, -0.15) is 0 Å². The van der Waals surface area contributed by atoms with Gasteiger partial charge >= 0.3 is 0 Å². The maximum Gasteiger partial charge on any atom is 0.245 e. The van der Waals surface area contributed by atoms with Crippen molar-refractivity contribution in [2.75, 3.05) is 19.6 Å². The molecule has 0 unspecified atom stereocenters.